The van der Waals surface area contributed by atoms with Crippen molar-refractivity contribution >= 4 is 22.5 Å². The van der Waals surface area contributed by atoms with Crippen LogP contribution in [0.5, 0.6) is 5.88 Å². The van der Waals surface area contributed by atoms with Crippen LogP contribution in [0.1, 0.15) is 56.6 Å². The summed E-state index contributed by atoms with van der Waals surface area (Å²) in [7, 11) is 1.70. The van der Waals surface area contributed by atoms with Gasteiger partial charge < -0.3 is 15.0 Å². The zero-order chi connectivity index (χ0) is 24.5. The Balaban J connectivity index is 1.49. The van der Waals surface area contributed by atoms with Crippen LogP contribution in [0.3, 0.4) is 0 Å². The highest BCUT2D eigenvalue weighted by Crippen LogP contribution is 2.39. The first-order valence-corrected chi connectivity index (χ1v) is 12.5. The van der Waals surface area contributed by atoms with Crippen molar-refractivity contribution in [1.29, 1.82) is 0 Å². The Bertz CT molecular complexity index is 1350. The average Bonchev–Trinajstić information content (AvgIpc) is 3.49. The van der Waals surface area contributed by atoms with Gasteiger partial charge >= 0.3 is 0 Å². The fraction of sp³-hybridized carbons (Fsp3) is 0.444. The van der Waals surface area contributed by atoms with Gasteiger partial charge in [-0.3, -0.25) is 9.69 Å². The molecule has 1 aliphatic heterocycles. The summed E-state index contributed by atoms with van der Waals surface area (Å²) in [6, 6.07) is 11.0. The highest BCUT2D eigenvalue weighted by molar-refractivity contribution is 5.92. The number of ether oxygens (including phenoxy) is 1. The number of likely N-dealkylation sites (tertiary alicyclic amines) is 1. The van der Waals surface area contributed by atoms with Crippen molar-refractivity contribution in [2.45, 2.75) is 45.4 Å². The molecular formula is C27H34N6O2. The number of carbonyl (C=O) groups is 1. The summed E-state index contributed by atoms with van der Waals surface area (Å²) >= 11 is 0. The van der Waals surface area contributed by atoms with E-state index in [1.807, 2.05) is 13.0 Å². The highest BCUT2D eigenvalue weighted by Gasteiger charge is 2.24. The van der Waals surface area contributed by atoms with E-state index < -0.39 is 0 Å². The molecule has 0 radical (unpaired) electrons. The molecule has 0 aliphatic carbocycles. The number of fused-ring (bicyclic) bond motifs is 2. The zero-order valence-corrected chi connectivity index (χ0v) is 21.0. The predicted octanol–water partition coefficient (Wildman–Crippen LogP) is 4.33. The van der Waals surface area contributed by atoms with Crippen LogP contribution in [0.4, 0.5) is 0 Å². The highest BCUT2D eigenvalue weighted by atomic mass is 16.5. The number of amides is 1. The van der Waals surface area contributed by atoms with Crippen LogP contribution < -0.4 is 10.1 Å². The molecule has 8 heteroatoms. The maximum atomic E-state index is 11.7. The van der Waals surface area contributed by atoms with Crippen LogP contribution >= 0.6 is 0 Å². The molecule has 2 N–H and O–H groups in total. The lowest BCUT2D eigenvalue weighted by molar-refractivity contribution is -0.122. The Morgan fingerprint density at radius 1 is 1.23 bits per heavy atom. The number of hydrogen-bond acceptors (Lipinski definition) is 5. The molecule has 1 amide bonds. The van der Waals surface area contributed by atoms with Crippen molar-refractivity contribution in [3.8, 4) is 17.1 Å². The number of piperidine rings is 1. The third-order valence-electron chi connectivity index (χ3n) is 7.07. The fourth-order valence-electron chi connectivity index (χ4n) is 5.31. The van der Waals surface area contributed by atoms with Crippen molar-refractivity contribution in [2.75, 3.05) is 33.3 Å². The second-order valence-electron chi connectivity index (χ2n) is 9.64. The number of rotatable bonds is 7. The van der Waals surface area contributed by atoms with Gasteiger partial charge in [0.2, 0.25) is 11.8 Å². The second kappa shape index (κ2) is 9.70. The summed E-state index contributed by atoms with van der Waals surface area (Å²) in [5, 5.41) is 8.31. The zero-order valence-electron chi connectivity index (χ0n) is 21.0. The SMILES string of the molecule is CCOc1cc(-c2[nH]c3ccc(C4CCN(CC(=O)NC)CC4)cc3c2C(C)C)cc2ncnn12. The van der Waals surface area contributed by atoms with Gasteiger partial charge in [0.25, 0.3) is 0 Å². The summed E-state index contributed by atoms with van der Waals surface area (Å²) in [5.74, 6) is 1.63. The molecule has 35 heavy (non-hydrogen) atoms. The molecule has 1 saturated heterocycles. The Hall–Kier alpha value is -3.39. The minimum atomic E-state index is 0.0862. The van der Waals surface area contributed by atoms with Gasteiger partial charge in [0.15, 0.2) is 5.65 Å². The predicted molar refractivity (Wildman–Crippen MR) is 138 cm³/mol. The van der Waals surface area contributed by atoms with Crippen LogP contribution in [-0.2, 0) is 4.79 Å². The second-order valence-corrected chi connectivity index (χ2v) is 9.64. The van der Waals surface area contributed by atoms with Gasteiger partial charge in [-0.15, -0.1) is 0 Å². The van der Waals surface area contributed by atoms with E-state index in [1.165, 1.54) is 16.5 Å². The van der Waals surface area contributed by atoms with E-state index in [4.69, 9.17) is 4.74 Å². The first-order valence-electron chi connectivity index (χ1n) is 12.5. The van der Waals surface area contributed by atoms with Crippen LogP contribution in [0.25, 0.3) is 27.8 Å². The number of aromatic nitrogens is 4. The molecule has 5 rings (SSSR count). The number of nitrogens with zero attached hydrogens (tertiary/aromatic N) is 4. The first kappa shape index (κ1) is 23.4. The lowest BCUT2D eigenvalue weighted by Gasteiger charge is -2.31. The Kier molecular flexibility index (Phi) is 6.47. The van der Waals surface area contributed by atoms with E-state index in [0.717, 1.165) is 48.4 Å². The Labute approximate surface area is 205 Å². The average molecular weight is 475 g/mol. The molecule has 8 nitrogen and oxygen atoms in total. The van der Waals surface area contributed by atoms with E-state index in [2.05, 4.69) is 63.4 Å². The third kappa shape index (κ3) is 4.50. The summed E-state index contributed by atoms with van der Waals surface area (Å²) in [4.78, 5) is 22.1. The van der Waals surface area contributed by atoms with E-state index in [-0.39, 0.29) is 5.91 Å². The summed E-state index contributed by atoms with van der Waals surface area (Å²) in [6.45, 7) is 9.41. The van der Waals surface area contributed by atoms with E-state index in [0.29, 0.717) is 30.9 Å². The van der Waals surface area contributed by atoms with Gasteiger partial charge in [-0.25, -0.2) is 4.98 Å². The van der Waals surface area contributed by atoms with Gasteiger partial charge in [-0.2, -0.15) is 9.61 Å². The lowest BCUT2D eigenvalue weighted by Crippen LogP contribution is -2.40. The van der Waals surface area contributed by atoms with Gasteiger partial charge in [0.1, 0.15) is 6.33 Å². The molecule has 4 heterocycles. The first-order chi connectivity index (χ1) is 17.0. The summed E-state index contributed by atoms with van der Waals surface area (Å²) in [5.41, 5.74) is 6.77. The molecule has 3 aromatic heterocycles. The van der Waals surface area contributed by atoms with Crippen molar-refractivity contribution in [2.24, 2.45) is 0 Å². The van der Waals surface area contributed by atoms with E-state index in [9.17, 15) is 4.79 Å². The maximum Gasteiger partial charge on any atom is 0.233 e. The quantitative estimate of drug-likeness (QED) is 0.416. The van der Waals surface area contributed by atoms with Crippen LogP contribution in [0, 0.1) is 0 Å². The molecule has 1 fully saturated rings. The topological polar surface area (TPSA) is 87.5 Å². The molecule has 184 valence electrons. The number of nitrogens with one attached hydrogen (secondary N) is 2. The van der Waals surface area contributed by atoms with Crippen molar-refractivity contribution < 1.29 is 9.53 Å². The number of likely N-dealkylation sites (N-methyl/N-ethyl adjacent to an activating group) is 1. The Morgan fingerprint density at radius 2 is 2.03 bits per heavy atom. The smallest absolute Gasteiger partial charge is 0.233 e. The molecule has 0 unspecified atom stereocenters. The number of hydrogen-bond donors (Lipinski definition) is 2. The number of H-pyrrole nitrogens is 1. The van der Waals surface area contributed by atoms with Gasteiger partial charge in [-0.05, 0) is 74.0 Å². The van der Waals surface area contributed by atoms with Crippen molar-refractivity contribution in [3.05, 3.63) is 47.8 Å². The lowest BCUT2D eigenvalue weighted by atomic mass is 9.87. The van der Waals surface area contributed by atoms with E-state index >= 15 is 0 Å². The van der Waals surface area contributed by atoms with Crippen molar-refractivity contribution in [3.63, 3.8) is 0 Å². The number of benzene rings is 1. The number of aromatic amines is 1. The minimum absolute atomic E-state index is 0.0862. The van der Waals surface area contributed by atoms with Gasteiger partial charge in [-0.1, -0.05) is 19.9 Å². The Morgan fingerprint density at radius 3 is 2.74 bits per heavy atom. The van der Waals surface area contributed by atoms with Crippen molar-refractivity contribution in [1.82, 2.24) is 29.8 Å². The molecule has 0 bridgehead atoms. The molecule has 0 saturated carbocycles. The van der Waals surface area contributed by atoms with Crippen LogP contribution in [0.15, 0.2) is 36.7 Å². The molecule has 4 aromatic rings. The number of carbonyl (C=O) groups excluding carboxylic acids is 1. The standard InChI is InChI=1S/C27H34N6O2/c1-5-35-25-14-20(13-23-29-16-30-33(23)25)27-26(17(2)3)21-12-19(6-7-22(21)31-27)18-8-10-32(11-9-18)15-24(34)28-4/h6-7,12-14,16-18,31H,5,8-11,15H2,1-4H3,(H,28,34). The molecule has 0 spiro atoms. The van der Waals surface area contributed by atoms with Crippen LogP contribution in [0.2, 0.25) is 0 Å². The van der Waals surface area contributed by atoms with Gasteiger partial charge in [0, 0.05) is 29.6 Å². The largest absolute Gasteiger partial charge is 0.478 e. The summed E-state index contributed by atoms with van der Waals surface area (Å²) < 4.78 is 7.61. The molecule has 1 aromatic carbocycles. The molecule has 1 aliphatic rings. The van der Waals surface area contributed by atoms with Crippen LogP contribution in [-0.4, -0.2) is 63.7 Å². The monoisotopic (exact) mass is 474 g/mol. The molecule has 0 atom stereocenters. The normalized spacial score (nSPS) is 15.3. The minimum Gasteiger partial charge on any atom is -0.478 e. The third-order valence-corrected chi connectivity index (χ3v) is 7.07. The summed E-state index contributed by atoms with van der Waals surface area (Å²) in [6.07, 6.45) is 3.69. The fourth-order valence-corrected chi connectivity index (χ4v) is 5.31. The van der Waals surface area contributed by atoms with Gasteiger partial charge in [0.05, 0.1) is 18.8 Å². The van der Waals surface area contributed by atoms with E-state index in [1.54, 1.807) is 17.9 Å². The maximum absolute atomic E-state index is 11.7. The number of pyridine rings is 1. The molecular weight excluding hydrogens is 440 g/mol.